The number of esters is 3. The predicted molar refractivity (Wildman–Crippen MR) is 184 cm³/mol. The molecule has 12 heteroatoms. The normalized spacial score (nSPS) is 15.7. The van der Waals surface area contributed by atoms with Crippen molar-refractivity contribution < 1.29 is 55.3 Å². The monoisotopic (exact) mass is 740 g/mol. The van der Waals surface area contributed by atoms with Gasteiger partial charge in [0.25, 0.3) is 0 Å². The van der Waals surface area contributed by atoms with Crippen LogP contribution in [-0.4, -0.2) is 31.1 Å². The Morgan fingerprint density at radius 2 is 1.30 bits per heavy atom. The maximum atomic E-state index is 14.8. The number of ether oxygens (including phenoxy) is 4. The quantitative estimate of drug-likeness (QED) is 0.0269. The highest BCUT2D eigenvalue weighted by Crippen LogP contribution is 2.47. The highest BCUT2D eigenvalue weighted by Gasteiger charge is 2.53. The van der Waals surface area contributed by atoms with E-state index in [1.54, 1.807) is 24.3 Å². The number of halogens is 5. The van der Waals surface area contributed by atoms with E-state index in [0.717, 1.165) is 22.3 Å². The van der Waals surface area contributed by atoms with Crippen molar-refractivity contribution in [2.45, 2.75) is 25.2 Å². The molecule has 274 valence electrons. The Morgan fingerprint density at radius 1 is 0.704 bits per heavy atom. The van der Waals surface area contributed by atoms with Crippen molar-refractivity contribution >= 4 is 17.9 Å². The molecule has 0 saturated heterocycles. The summed E-state index contributed by atoms with van der Waals surface area (Å²) in [7, 11) is 0. The van der Waals surface area contributed by atoms with Crippen LogP contribution in [0.4, 0.5) is 22.0 Å². The summed E-state index contributed by atoms with van der Waals surface area (Å²) in [6.45, 7) is 3.21. The number of aryl methyl sites for hydroxylation is 1. The smallest absolute Gasteiger partial charge is 0.342 e. The number of hydrogen-bond acceptors (Lipinski definition) is 7. The molecular weight excluding hydrogens is 711 g/mol. The molecule has 0 heterocycles. The SMILES string of the molecule is C=CCOC(=O)c1ccccc1Oc1cccc2c1C[C@@](C(=O)OCC1c3ccccc3-c3ccccc31)(C(=O)Oc1c(F)c(F)c(F)c(F)c1F)CC2. The van der Waals surface area contributed by atoms with E-state index in [4.69, 9.17) is 18.9 Å². The molecule has 0 aromatic heterocycles. The maximum absolute atomic E-state index is 14.8. The first kappa shape index (κ1) is 36.1. The fraction of sp³-hybridized carbons (Fsp3) is 0.167. The molecule has 2 aliphatic rings. The number of rotatable bonds is 10. The lowest BCUT2D eigenvalue weighted by Crippen LogP contribution is -2.48. The second kappa shape index (κ2) is 14.6. The topological polar surface area (TPSA) is 88.1 Å². The molecule has 0 bridgehead atoms. The number of fused-ring (bicyclic) bond motifs is 4. The molecule has 0 spiro atoms. The summed E-state index contributed by atoms with van der Waals surface area (Å²) in [6.07, 6.45) is 0.556. The molecule has 0 N–H and O–H groups in total. The molecule has 54 heavy (non-hydrogen) atoms. The second-order valence-corrected chi connectivity index (χ2v) is 12.8. The second-order valence-electron chi connectivity index (χ2n) is 12.8. The Bertz CT molecular complexity index is 2270. The van der Waals surface area contributed by atoms with Crippen molar-refractivity contribution in [2.24, 2.45) is 5.41 Å². The Morgan fingerprint density at radius 3 is 1.96 bits per heavy atom. The van der Waals surface area contributed by atoms with Crippen LogP contribution in [0.5, 0.6) is 17.2 Å². The minimum atomic E-state index is -2.45. The van der Waals surface area contributed by atoms with Crippen molar-refractivity contribution in [3.05, 3.63) is 161 Å². The van der Waals surface area contributed by atoms with E-state index < -0.39 is 70.5 Å². The van der Waals surface area contributed by atoms with Crippen molar-refractivity contribution in [2.75, 3.05) is 13.2 Å². The summed E-state index contributed by atoms with van der Waals surface area (Å²) in [5, 5.41) is 0. The third kappa shape index (κ3) is 6.27. The largest absolute Gasteiger partial charge is 0.464 e. The van der Waals surface area contributed by atoms with Gasteiger partial charge in [0.1, 0.15) is 30.3 Å². The molecule has 1 atom stereocenters. The summed E-state index contributed by atoms with van der Waals surface area (Å²) in [5.41, 5.74) is 2.17. The summed E-state index contributed by atoms with van der Waals surface area (Å²) >= 11 is 0. The summed E-state index contributed by atoms with van der Waals surface area (Å²) in [5.74, 6) is -17.5. The van der Waals surface area contributed by atoms with Crippen LogP contribution >= 0.6 is 0 Å². The van der Waals surface area contributed by atoms with Crippen LogP contribution < -0.4 is 9.47 Å². The Labute approximate surface area is 305 Å². The molecule has 2 aliphatic carbocycles. The summed E-state index contributed by atoms with van der Waals surface area (Å²) in [6, 6.07) is 26.1. The fourth-order valence-corrected chi connectivity index (χ4v) is 6.97. The van der Waals surface area contributed by atoms with Crippen molar-refractivity contribution in [3.63, 3.8) is 0 Å². The third-order valence-corrected chi connectivity index (χ3v) is 9.68. The Hall–Kier alpha value is -6.30. The van der Waals surface area contributed by atoms with E-state index in [9.17, 15) is 36.3 Å². The lowest BCUT2D eigenvalue weighted by molar-refractivity contribution is -0.169. The minimum Gasteiger partial charge on any atom is -0.464 e. The number of benzene rings is 5. The minimum absolute atomic E-state index is 0.00591. The molecule has 0 aliphatic heterocycles. The average molecular weight is 741 g/mol. The lowest BCUT2D eigenvalue weighted by atomic mass is 9.71. The van der Waals surface area contributed by atoms with Gasteiger partial charge >= 0.3 is 17.9 Å². The molecule has 0 unspecified atom stereocenters. The van der Waals surface area contributed by atoms with Gasteiger partial charge in [-0.2, -0.15) is 8.78 Å². The van der Waals surface area contributed by atoms with Crippen LogP contribution in [0.25, 0.3) is 11.1 Å². The van der Waals surface area contributed by atoms with Crippen LogP contribution in [0, 0.1) is 34.5 Å². The standard InChI is InChI=1S/C42H29F5O7/c1-2-20-51-39(48)28-15-7-8-16-31(28)53-32-17-9-10-23-18-19-42(21-29(23)32,41(50)54-38-36(46)34(44)33(43)35(45)37(38)47)40(49)52-22-30-26-13-5-3-11-24(26)25-12-4-6-14-27(25)30/h2-17,30H,1,18-22H2/t42-/m0/s1. The van der Waals surface area contributed by atoms with Gasteiger partial charge < -0.3 is 18.9 Å². The highest BCUT2D eigenvalue weighted by atomic mass is 19.2. The maximum Gasteiger partial charge on any atom is 0.342 e. The van der Waals surface area contributed by atoms with Gasteiger partial charge in [-0.1, -0.05) is 85.5 Å². The van der Waals surface area contributed by atoms with Gasteiger partial charge in [0.15, 0.2) is 5.41 Å². The number of para-hydroxylation sites is 1. The van der Waals surface area contributed by atoms with Gasteiger partial charge in [0, 0.05) is 12.3 Å². The molecule has 0 fully saturated rings. The van der Waals surface area contributed by atoms with E-state index in [2.05, 4.69) is 6.58 Å². The van der Waals surface area contributed by atoms with Gasteiger partial charge in [-0.3, -0.25) is 9.59 Å². The fourth-order valence-electron chi connectivity index (χ4n) is 6.97. The van der Waals surface area contributed by atoms with Crippen LogP contribution in [0.3, 0.4) is 0 Å². The van der Waals surface area contributed by atoms with E-state index >= 15 is 0 Å². The molecule has 7 nitrogen and oxygen atoms in total. The molecule has 0 radical (unpaired) electrons. The molecule has 0 saturated carbocycles. The first-order valence-corrected chi connectivity index (χ1v) is 16.8. The van der Waals surface area contributed by atoms with Crippen LogP contribution in [0.15, 0.2) is 104 Å². The van der Waals surface area contributed by atoms with E-state index in [-0.39, 0.29) is 48.7 Å². The van der Waals surface area contributed by atoms with Crippen molar-refractivity contribution in [1.29, 1.82) is 0 Å². The number of carbonyl (C=O) groups is 3. The zero-order valence-electron chi connectivity index (χ0n) is 28.3. The Kier molecular flexibility index (Phi) is 9.76. The van der Waals surface area contributed by atoms with E-state index in [1.165, 1.54) is 24.3 Å². The first-order chi connectivity index (χ1) is 26.1. The third-order valence-electron chi connectivity index (χ3n) is 9.68. The molecule has 7 rings (SSSR count). The average Bonchev–Trinajstić information content (AvgIpc) is 3.52. The van der Waals surface area contributed by atoms with Gasteiger partial charge in [0.2, 0.25) is 34.8 Å². The van der Waals surface area contributed by atoms with Crippen LogP contribution in [-0.2, 0) is 31.9 Å². The van der Waals surface area contributed by atoms with Crippen LogP contribution in [0.1, 0.15) is 45.0 Å². The Balaban J connectivity index is 1.26. The van der Waals surface area contributed by atoms with Crippen molar-refractivity contribution in [1.82, 2.24) is 0 Å². The molecule has 5 aromatic carbocycles. The number of hydrogen-bond donors (Lipinski definition) is 0. The first-order valence-electron chi connectivity index (χ1n) is 16.8. The van der Waals surface area contributed by atoms with Gasteiger partial charge in [-0.25, -0.2) is 18.0 Å². The molecular formula is C42H29F5O7. The summed E-state index contributed by atoms with van der Waals surface area (Å²) < 4.78 is 94.2. The van der Waals surface area contributed by atoms with Crippen molar-refractivity contribution in [3.8, 4) is 28.4 Å². The molecule has 5 aromatic rings. The van der Waals surface area contributed by atoms with E-state index in [0.29, 0.717) is 5.56 Å². The number of carbonyl (C=O) groups excluding carboxylic acids is 3. The summed E-state index contributed by atoms with van der Waals surface area (Å²) in [4.78, 5) is 41.3. The van der Waals surface area contributed by atoms with Crippen LogP contribution in [0.2, 0.25) is 0 Å². The van der Waals surface area contributed by atoms with Gasteiger partial charge in [-0.05, 0) is 64.4 Å². The van der Waals surface area contributed by atoms with Gasteiger partial charge in [0.05, 0.1) is 0 Å². The predicted octanol–water partition coefficient (Wildman–Crippen LogP) is 8.95. The highest BCUT2D eigenvalue weighted by molar-refractivity contribution is 6.02. The van der Waals surface area contributed by atoms with E-state index in [1.807, 2.05) is 48.5 Å². The zero-order valence-corrected chi connectivity index (χ0v) is 28.3. The lowest BCUT2D eigenvalue weighted by Gasteiger charge is -2.35. The van der Waals surface area contributed by atoms with Gasteiger partial charge in [-0.15, -0.1) is 0 Å². The zero-order chi connectivity index (χ0) is 38.1. The molecule has 0 amide bonds.